The quantitative estimate of drug-likeness (QED) is 0.908. The molecule has 2 aromatic rings. The Labute approximate surface area is 120 Å². The van der Waals surface area contributed by atoms with Crippen LogP contribution < -0.4 is 4.90 Å². The number of anilines is 1. The van der Waals surface area contributed by atoms with Gasteiger partial charge in [0.15, 0.2) is 0 Å². The molecule has 0 fully saturated rings. The minimum absolute atomic E-state index is 0.479. The normalized spacial score (nSPS) is 12.2. The molecule has 0 saturated heterocycles. The van der Waals surface area contributed by atoms with Gasteiger partial charge in [-0.1, -0.05) is 6.07 Å². The van der Waals surface area contributed by atoms with E-state index in [4.69, 9.17) is 0 Å². The molecule has 106 valence electrons. The molecule has 0 bridgehead atoms. The third-order valence-corrected chi connectivity index (χ3v) is 3.26. The summed E-state index contributed by atoms with van der Waals surface area (Å²) in [5.41, 5.74) is 2.92. The Morgan fingerprint density at radius 3 is 2.75 bits per heavy atom. The van der Waals surface area contributed by atoms with Crippen LogP contribution in [0.1, 0.15) is 36.9 Å². The highest BCUT2D eigenvalue weighted by Gasteiger charge is 2.10. The Bertz CT molecular complexity index is 569. The second kappa shape index (κ2) is 6.48. The highest BCUT2D eigenvalue weighted by atomic mass is 16.3. The number of aryl methyl sites for hydroxylation is 1. The predicted octanol–water partition coefficient (Wildman–Crippen LogP) is 2.86. The van der Waals surface area contributed by atoms with Crippen LogP contribution in [0.3, 0.4) is 0 Å². The molecule has 1 N–H and O–H groups in total. The van der Waals surface area contributed by atoms with Crippen molar-refractivity contribution in [3.05, 3.63) is 53.5 Å². The van der Waals surface area contributed by atoms with Gasteiger partial charge in [0, 0.05) is 18.4 Å². The number of rotatable bonds is 5. The summed E-state index contributed by atoms with van der Waals surface area (Å²) < 4.78 is 0. The molecular formula is C16H21N3O. The fraction of sp³-hybridized carbons (Fsp3) is 0.375. The van der Waals surface area contributed by atoms with Gasteiger partial charge in [-0.05, 0) is 50.6 Å². The van der Waals surface area contributed by atoms with E-state index in [0.29, 0.717) is 6.54 Å². The second-order valence-corrected chi connectivity index (χ2v) is 4.91. The molecule has 2 rings (SSSR count). The van der Waals surface area contributed by atoms with Gasteiger partial charge >= 0.3 is 0 Å². The first-order valence-electron chi connectivity index (χ1n) is 6.91. The minimum Gasteiger partial charge on any atom is -0.389 e. The van der Waals surface area contributed by atoms with Crippen molar-refractivity contribution in [2.75, 3.05) is 11.4 Å². The molecule has 0 aliphatic heterocycles. The SMILES string of the molecule is CCN(Cc1cccc(C)n1)c1cc([C@H](C)O)ccn1. The van der Waals surface area contributed by atoms with E-state index in [1.54, 1.807) is 13.1 Å². The smallest absolute Gasteiger partial charge is 0.129 e. The zero-order valence-electron chi connectivity index (χ0n) is 12.2. The van der Waals surface area contributed by atoms with Gasteiger partial charge in [-0.15, -0.1) is 0 Å². The Morgan fingerprint density at radius 1 is 1.30 bits per heavy atom. The molecule has 1 atom stereocenters. The molecule has 0 spiro atoms. The van der Waals surface area contributed by atoms with E-state index >= 15 is 0 Å². The van der Waals surface area contributed by atoms with Crippen molar-refractivity contribution in [1.29, 1.82) is 0 Å². The topological polar surface area (TPSA) is 49.2 Å². The zero-order valence-corrected chi connectivity index (χ0v) is 12.2. The lowest BCUT2D eigenvalue weighted by Gasteiger charge is -2.22. The molecule has 4 nitrogen and oxygen atoms in total. The molecule has 2 aromatic heterocycles. The summed E-state index contributed by atoms with van der Waals surface area (Å²) >= 11 is 0. The van der Waals surface area contributed by atoms with Crippen molar-refractivity contribution in [3.8, 4) is 0 Å². The molecule has 2 heterocycles. The van der Waals surface area contributed by atoms with Crippen LogP contribution >= 0.6 is 0 Å². The maximum absolute atomic E-state index is 9.67. The number of aliphatic hydroxyl groups is 1. The Morgan fingerprint density at radius 2 is 2.10 bits per heavy atom. The first-order valence-corrected chi connectivity index (χ1v) is 6.91. The van der Waals surface area contributed by atoms with Gasteiger partial charge in [-0.2, -0.15) is 0 Å². The summed E-state index contributed by atoms with van der Waals surface area (Å²) in [4.78, 5) is 11.1. The standard InChI is InChI=1S/C16H21N3O/c1-4-19(11-15-7-5-6-12(2)18-15)16-10-14(13(3)20)8-9-17-16/h5-10,13,20H,4,11H2,1-3H3/t13-/m0/s1. The monoisotopic (exact) mass is 271 g/mol. The van der Waals surface area contributed by atoms with Crippen LogP contribution in [0, 0.1) is 6.92 Å². The summed E-state index contributed by atoms with van der Waals surface area (Å²) in [6.07, 6.45) is 1.26. The summed E-state index contributed by atoms with van der Waals surface area (Å²) in [5, 5.41) is 9.67. The average molecular weight is 271 g/mol. The van der Waals surface area contributed by atoms with E-state index in [2.05, 4.69) is 21.8 Å². The molecule has 0 saturated carbocycles. The maximum Gasteiger partial charge on any atom is 0.129 e. The molecule has 0 radical (unpaired) electrons. The van der Waals surface area contributed by atoms with Crippen LogP contribution in [0.5, 0.6) is 0 Å². The van der Waals surface area contributed by atoms with Crippen LogP contribution in [0.4, 0.5) is 5.82 Å². The van der Waals surface area contributed by atoms with E-state index in [1.807, 2.05) is 37.3 Å². The van der Waals surface area contributed by atoms with Crippen LogP contribution in [0.15, 0.2) is 36.5 Å². The third-order valence-electron chi connectivity index (χ3n) is 3.26. The van der Waals surface area contributed by atoms with Gasteiger partial charge in [0.25, 0.3) is 0 Å². The predicted molar refractivity (Wildman–Crippen MR) is 80.6 cm³/mol. The minimum atomic E-state index is -0.479. The van der Waals surface area contributed by atoms with Gasteiger partial charge in [0.05, 0.1) is 18.3 Å². The molecule has 0 amide bonds. The molecule has 4 heteroatoms. The molecule has 0 unspecified atom stereocenters. The molecule has 0 aliphatic rings. The summed E-state index contributed by atoms with van der Waals surface area (Å²) in [6.45, 7) is 7.40. The van der Waals surface area contributed by atoms with E-state index in [9.17, 15) is 5.11 Å². The van der Waals surface area contributed by atoms with Crippen LogP contribution in [0.2, 0.25) is 0 Å². The summed E-state index contributed by atoms with van der Waals surface area (Å²) in [5.74, 6) is 0.870. The average Bonchev–Trinajstić information content (AvgIpc) is 2.45. The van der Waals surface area contributed by atoms with E-state index < -0.39 is 6.10 Å². The summed E-state index contributed by atoms with van der Waals surface area (Å²) in [6, 6.07) is 9.81. The molecular weight excluding hydrogens is 250 g/mol. The molecule has 0 aliphatic carbocycles. The highest BCUT2D eigenvalue weighted by Crippen LogP contribution is 2.19. The lowest BCUT2D eigenvalue weighted by Crippen LogP contribution is -2.24. The first kappa shape index (κ1) is 14.5. The zero-order chi connectivity index (χ0) is 14.5. The number of hydrogen-bond donors (Lipinski definition) is 1. The molecule has 0 aromatic carbocycles. The van der Waals surface area contributed by atoms with Gasteiger partial charge < -0.3 is 10.0 Å². The van der Waals surface area contributed by atoms with Crippen LogP contribution in [-0.4, -0.2) is 21.6 Å². The van der Waals surface area contributed by atoms with Crippen molar-refractivity contribution < 1.29 is 5.11 Å². The van der Waals surface area contributed by atoms with Crippen LogP contribution in [-0.2, 0) is 6.54 Å². The van der Waals surface area contributed by atoms with Gasteiger partial charge in [-0.25, -0.2) is 4.98 Å². The van der Waals surface area contributed by atoms with Crippen LogP contribution in [0.25, 0.3) is 0 Å². The third kappa shape index (κ3) is 3.54. The number of pyridine rings is 2. The second-order valence-electron chi connectivity index (χ2n) is 4.91. The van der Waals surface area contributed by atoms with Crippen molar-refractivity contribution >= 4 is 5.82 Å². The van der Waals surface area contributed by atoms with Gasteiger partial charge in [0.1, 0.15) is 5.82 Å². The van der Waals surface area contributed by atoms with Gasteiger partial charge in [0.2, 0.25) is 0 Å². The van der Waals surface area contributed by atoms with Gasteiger partial charge in [-0.3, -0.25) is 4.98 Å². The Hall–Kier alpha value is -1.94. The maximum atomic E-state index is 9.67. The van der Waals surface area contributed by atoms with E-state index in [0.717, 1.165) is 29.3 Å². The van der Waals surface area contributed by atoms with Crippen molar-refractivity contribution in [2.45, 2.75) is 33.4 Å². The van der Waals surface area contributed by atoms with E-state index in [-0.39, 0.29) is 0 Å². The lowest BCUT2D eigenvalue weighted by atomic mass is 10.1. The fourth-order valence-electron chi connectivity index (χ4n) is 2.10. The molecule has 20 heavy (non-hydrogen) atoms. The number of aliphatic hydroxyl groups excluding tert-OH is 1. The number of hydrogen-bond acceptors (Lipinski definition) is 4. The lowest BCUT2D eigenvalue weighted by molar-refractivity contribution is 0.199. The van der Waals surface area contributed by atoms with Crippen molar-refractivity contribution in [3.63, 3.8) is 0 Å². The van der Waals surface area contributed by atoms with E-state index in [1.165, 1.54) is 0 Å². The number of aromatic nitrogens is 2. The van der Waals surface area contributed by atoms with Crippen molar-refractivity contribution in [1.82, 2.24) is 9.97 Å². The Balaban J connectivity index is 2.22. The van der Waals surface area contributed by atoms with Crippen molar-refractivity contribution in [2.24, 2.45) is 0 Å². The summed E-state index contributed by atoms with van der Waals surface area (Å²) in [7, 11) is 0. The Kier molecular flexibility index (Phi) is 4.69. The highest BCUT2D eigenvalue weighted by molar-refractivity contribution is 5.41. The first-order chi connectivity index (χ1) is 9.60. The largest absolute Gasteiger partial charge is 0.389 e. The fourth-order valence-corrected chi connectivity index (χ4v) is 2.10. The number of nitrogens with zero attached hydrogens (tertiary/aromatic N) is 3.